The Hall–Kier alpha value is -2.44. The first-order valence-corrected chi connectivity index (χ1v) is 16.7. The number of nitrogens with one attached hydrogen (secondary N) is 2. The molecule has 0 saturated carbocycles. The van der Waals surface area contributed by atoms with Crippen LogP contribution in [0.4, 0.5) is 0 Å². The number of aldehydes is 2. The molecule has 3 fully saturated rings. The number of aliphatic hydroxyl groups is 10. The van der Waals surface area contributed by atoms with Gasteiger partial charge in [-0.05, 0) is 6.92 Å². The third kappa shape index (κ3) is 10.9. The number of ether oxygens (including phenoxy) is 8. The zero-order valence-electron chi connectivity index (χ0n) is 29.5. The van der Waals surface area contributed by atoms with Gasteiger partial charge in [-0.25, -0.2) is 0 Å². The third-order valence-electron chi connectivity index (χ3n) is 8.91. The van der Waals surface area contributed by atoms with Crippen LogP contribution in [0.2, 0.25) is 0 Å². The predicted octanol–water partition coefficient (Wildman–Crippen LogP) is -8.44. The van der Waals surface area contributed by atoms with Gasteiger partial charge in [0.25, 0.3) is 0 Å². The molecule has 24 nitrogen and oxygen atoms in total. The molecule has 0 aliphatic carbocycles. The maximum Gasteiger partial charge on any atom is 0.217 e. The van der Waals surface area contributed by atoms with E-state index in [4.69, 9.17) is 37.9 Å². The molecule has 0 aromatic heterocycles. The van der Waals surface area contributed by atoms with Crippen molar-refractivity contribution in [3.05, 3.63) is 0 Å². The van der Waals surface area contributed by atoms with Crippen LogP contribution in [-0.4, -0.2) is 219 Å². The van der Waals surface area contributed by atoms with Crippen molar-refractivity contribution in [1.29, 1.82) is 0 Å². The average Bonchev–Trinajstić information content (AvgIpc) is 3.11. The average molecular weight is 791 g/mol. The summed E-state index contributed by atoms with van der Waals surface area (Å²) in [5.74, 6) is -1.41. The largest absolute Gasteiger partial charge is 0.394 e. The van der Waals surface area contributed by atoms with Gasteiger partial charge in [0.1, 0.15) is 79.3 Å². The molecule has 0 bridgehead atoms. The molecule has 3 aliphatic rings. The minimum atomic E-state index is -2.52. The van der Waals surface area contributed by atoms with Crippen molar-refractivity contribution in [3.63, 3.8) is 0 Å². The quantitative estimate of drug-likeness (QED) is 0.0453. The third-order valence-corrected chi connectivity index (χ3v) is 8.91. The second-order valence-electron chi connectivity index (χ2n) is 12.7. The molecule has 18 unspecified atom stereocenters. The molecular formula is C30H50N2O22. The first-order chi connectivity index (χ1) is 25.4. The summed E-state index contributed by atoms with van der Waals surface area (Å²) in [6.07, 6.45) is -33.4. The minimum Gasteiger partial charge on any atom is -0.394 e. The molecule has 18 atom stereocenters. The van der Waals surface area contributed by atoms with Crippen molar-refractivity contribution in [2.24, 2.45) is 0 Å². The molecule has 0 aromatic rings. The van der Waals surface area contributed by atoms with E-state index in [1.807, 2.05) is 0 Å². The Morgan fingerprint density at radius 3 is 1.80 bits per heavy atom. The molecule has 3 aliphatic heterocycles. The first kappa shape index (κ1) is 45.9. The van der Waals surface area contributed by atoms with Gasteiger partial charge in [0.05, 0.1) is 25.4 Å². The van der Waals surface area contributed by atoms with Crippen molar-refractivity contribution >= 4 is 24.4 Å². The normalized spacial score (nSPS) is 39.1. The fourth-order valence-electron chi connectivity index (χ4n) is 6.29. The van der Waals surface area contributed by atoms with E-state index >= 15 is 0 Å². The van der Waals surface area contributed by atoms with Gasteiger partial charge in [-0.1, -0.05) is 0 Å². The Balaban J connectivity index is 1.93. The second kappa shape index (κ2) is 20.6. The SMILES string of the molecule is COC(C=O)C(OC(C=O)OC1C(O)C(CO)OC(OC2C(O)C(O)C(OC3C(O)C(CO)OC(C)C3NC(C)=O)OC2C(O)O)C1NC(C)=O)C(O)O. The van der Waals surface area contributed by atoms with Crippen LogP contribution in [0.3, 0.4) is 0 Å². The summed E-state index contributed by atoms with van der Waals surface area (Å²) in [5.41, 5.74) is 0. The van der Waals surface area contributed by atoms with E-state index in [2.05, 4.69) is 10.6 Å². The zero-order chi connectivity index (χ0) is 40.6. The smallest absolute Gasteiger partial charge is 0.217 e. The number of hydrogen-bond donors (Lipinski definition) is 12. The molecule has 3 rings (SSSR count). The lowest BCUT2D eigenvalue weighted by Crippen LogP contribution is -2.70. The van der Waals surface area contributed by atoms with E-state index < -0.39 is 148 Å². The summed E-state index contributed by atoms with van der Waals surface area (Å²) in [5, 5.41) is 109. The first-order valence-electron chi connectivity index (χ1n) is 16.7. The molecule has 54 heavy (non-hydrogen) atoms. The summed E-state index contributed by atoms with van der Waals surface area (Å²) in [6.45, 7) is 1.99. The van der Waals surface area contributed by atoms with Crippen molar-refractivity contribution < 1.29 is 108 Å². The van der Waals surface area contributed by atoms with E-state index in [9.17, 15) is 70.2 Å². The molecule has 12 N–H and O–H groups in total. The molecule has 312 valence electrons. The lowest BCUT2D eigenvalue weighted by Gasteiger charge is -2.50. The number of aliphatic hydroxyl groups excluding tert-OH is 8. The maximum atomic E-state index is 12.3. The summed E-state index contributed by atoms with van der Waals surface area (Å²) in [6, 6.07) is -2.84. The van der Waals surface area contributed by atoms with Crippen LogP contribution in [0.1, 0.15) is 20.8 Å². The van der Waals surface area contributed by atoms with Crippen molar-refractivity contribution in [1.82, 2.24) is 10.6 Å². The van der Waals surface area contributed by atoms with E-state index in [1.165, 1.54) is 6.92 Å². The molecule has 3 saturated heterocycles. The number of carbonyl (C=O) groups is 4. The van der Waals surface area contributed by atoms with Gasteiger partial charge < -0.3 is 104 Å². The number of amides is 2. The van der Waals surface area contributed by atoms with Gasteiger partial charge in [0.15, 0.2) is 37.7 Å². The zero-order valence-corrected chi connectivity index (χ0v) is 29.5. The van der Waals surface area contributed by atoms with E-state index in [0.717, 1.165) is 21.0 Å². The monoisotopic (exact) mass is 790 g/mol. The summed E-state index contributed by atoms with van der Waals surface area (Å²) in [7, 11) is 1.02. The van der Waals surface area contributed by atoms with E-state index in [0.29, 0.717) is 0 Å². The van der Waals surface area contributed by atoms with Crippen LogP contribution in [0.5, 0.6) is 0 Å². The highest BCUT2D eigenvalue weighted by Crippen LogP contribution is 2.34. The van der Waals surface area contributed by atoms with Crippen LogP contribution < -0.4 is 10.6 Å². The Kier molecular flexibility index (Phi) is 17.6. The van der Waals surface area contributed by atoms with Gasteiger partial charge in [0, 0.05) is 21.0 Å². The Bertz CT molecular complexity index is 1220. The molecule has 3 heterocycles. The molecule has 0 aromatic carbocycles. The number of hydrogen-bond acceptors (Lipinski definition) is 22. The van der Waals surface area contributed by atoms with E-state index in [1.54, 1.807) is 0 Å². The Labute approximate surface area is 307 Å². The molecule has 2 amide bonds. The summed E-state index contributed by atoms with van der Waals surface area (Å²) >= 11 is 0. The van der Waals surface area contributed by atoms with Crippen molar-refractivity contribution in [2.45, 2.75) is 144 Å². The summed E-state index contributed by atoms with van der Waals surface area (Å²) in [4.78, 5) is 47.7. The number of carbonyl (C=O) groups excluding carboxylic acids is 4. The second-order valence-corrected chi connectivity index (χ2v) is 12.7. The van der Waals surface area contributed by atoms with Crippen molar-refractivity contribution in [2.75, 3.05) is 20.3 Å². The van der Waals surface area contributed by atoms with Gasteiger partial charge in [0.2, 0.25) is 18.1 Å². The fraction of sp³-hybridized carbons (Fsp3) is 0.867. The molecule has 0 spiro atoms. The topological polar surface area (TPSA) is 368 Å². The van der Waals surface area contributed by atoms with Crippen LogP contribution >= 0.6 is 0 Å². The Morgan fingerprint density at radius 2 is 1.30 bits per heavy atom. The van der Waals surface area contributed by atoms with Gasteiger partial charge >= 0.3 is 0 Å². The van der Waals surface area contributed by atoms with Crippen molar-refractivity contribution in [3.8, 4) is 0 Å². The number of rotatable bonds is 18. The standard InChI is InChI=1S/C30H50N2O22/c1-9-16(31-10(2)37)23(18(39)12(5-33)48-9)52-30-21(42)20(41)25(26(54-30)28(45)46)53-29-17(32-11(3)38)24(19(40)13(6-34)49-29)51-15(8-36)50-22(27(43)44)14(7-35)47-4/h7-9,12-30,33-34,39-46H,5-6H2,1-4H3,(H,31,37)(H,32,38). The molecular weight excluding hydrogens is 740 g/mol. The highest BCUT2D eigenvalue weighted by atomic mass is 16.8. The summed E-state index contributed by atoms with van der Waals surface area (Å²) < 4.78 is 44.0. The molecule has 0 radical (unpaired) electrons. The highest BCUT2D eigenvalue weighted by molar-refractivity contribution is 5.73. The lowest BCUT2D eigenvalue weighted by atomic mass is 9.92. The van der Waals surface area contributed by atoms with Crippen LogP contribution in [-0.2, 0) is 57.1 Å². The highest BCUT2D eigenvalue weighted by Gasteiger charge is 2.55. The van der Waals surface area contributed by atoms with Crippen LogP contribution in [0.15, 0.2) is 0 Å². The minimum absolute atomic E-state index is 0.0213. The predicted molar refractivity (Wildman–Crippen MR) is 168 cm³/mol. The maximum absolute atomic E-state index is 12.3. The fourth-order valence-corrected chi connectivity index (χ4v) is 6.29. The van der Waals surface area contributed by atoms with Crippen LogP contribution in [0, 0.1) is 0 Å². The van der Waals surface area contributed by atoms with Crippen LogP contribution in [0.25, 0.3) is 0 Å². The Morgan fingerprint density at radius 1 is 0.741 bits per heavy atom. The van der Waals surface area contributed by atoms with E-state index in [-0.39, 0.29) is 12.6 Å². The van der Waals surface area contributed by atoms with Gasteiger partial charge in [-0.2, -0.15) is 0 Å². The lowest BCUT2D eigenvalue weighted by molar-refractivity contribution is -0.378. The van der Waals surface area contributed by atoms with Gasteiger partial charge in [-0.3, -0.25) is 14.4 Å². The van der Waals surface area contributed by atoms with Gasteiger partial charge in [-0.15, -0.1) is 0 Å². The number of methoxy groups -OCH3 is 1. The molecule has 24 heteroatoms.